The van der Waals surface area contributed by atoms with Crippen LogP contribution in [-0.4, -0.2) is 41.3 Å². The predicted octanol–water partition coefficient (Wildman–Crippen LogP) is 3.07. The zero-order valence-corrected chi connectivity index (χ0v) is 15.9. The number of carbonyl (C=O) groups is 1. The van der Waals surface area contributed by atoms with Crippen molar-refractivity contribution < 1.29 is 19.4 Å². The van der Waals surface area contributed by atoms with Crippen LogP contribution in [0.3, 0.4) is 0 Å². The zero-order valence-electron chi connectivity index (χ0n) is 15.9. The molecule has 0 aliphatic heterocycles. The number of nitrogens with zero attached hydrogens (tertiary/aromatic N) is 2. The number of carboxylic acid groups (broad SMARTS) is 1. The first kappa shape index (κ1) is 20.1. The molecular formula is C21H21N3O5. The number of aromatic nitrogens is 2. The Morgan fingerprint density at radius 2 is 1.90 bits per heavy atom. The van der Waals surface area contributed by atoms with Gasteiger partial charge in [0.25, 0.3) is 5.56 Å². The van der Waals surface area contributed by atoms with Crippen LogP contribution in [0.5, 0.6) is 5.75 Å². The number of benzene rings is 2. The van der Waals surface area contributed by atoms with Gasteiger partial charge in [-0.3, -0.25) is 10.1 Å². The van der Waals surface area contributed by atoms with Gasteiger partial charge in [0.15, 0.2) is 0 Å². The molecule has 0 aliphatic carbocycles. The first-order valence-electron chi connectivity index (χ1n) is 8.94. The van der Waals surface area contributed by atoms with Crippen LogP contribution < -0.4 is 15.6 Å². The molecule has 1 heterocycles. The van der Waals surface area contributed by atoms with Crippen molar-refractivity contribution in [3.8, 4) is 17.0 Å². The molecule has 0 fully saturated rings. The van der Waals surface area contributed by atoms with Crippen LogP contribution in [0.1, 0.15) is 5.56 Å². The van der Waals surface area contributed by atoms with E-state index in [9.17, 15) is 9.59 Å². The van der Waals surface area contributed by atoms with Crippen molar-refractivity contribution >= 4 is 11.8 Å². The molecule has 8 heteroatoms. The number of hydrogen-bond donors (Lipinski definition) is 2. The van der Waals surface area contributed by atoms with Gasteiger partial charge >= 0.3 is 6.09 Å². The summed E-state index contributed by atoms with van der Waals surface area (Å²) in [5.74, 6) is 0.724. The summed E-state index contributed by atoms with van der Waals surface area (Å²) in [5, 5.41) is 15.6. The van der Waals surface area contributed by atoms with Crippen molar-refractivity contribution in [3.63, 3.8) is 0 Å². The number of anilines is 1. The van der Waals surface area contributed by atoms with E-state index in [4.69, 9.17) is 14.6 Å². The summed E-state index contributed by atoms with van der Waals surface area (Å²) in [6.07, 6.45) is -1.14. The fraction of sp³-hybridized carbons (Fsp3) is 0.190. The minimum Gasteiger partial charge on any atom is -0.491 e. The number of nitrogens with one attached hydrogen (secondary N) is 1. The summed E-state index contributed by atoms with van der Waals surface area (Å²) in [6, 6.07) is 17.4. The highest BCUT2D eigenvalue weighted by molar-refractivity contribution is 5.82. The fourth-order valence-corrected chi connectivity index (χ4v) is 2.72. The molecule has 0 spiro atoms. The lowest BCUT2D eigenvalue weighted by atomic mass is 10.1. The Labute approximate surface area is 167 Å². The highest BCUT2D eigenvalue weighted by Crippen LogP contribution is 2.20. The first-order valence-corrected chi connectivity index (χ1v) is 8.94. The number of methoxy groups -OCH3 is 1. The minimum atomic E-state index is -1.14. The maximum atomic E-state index is 12.2. The van der Waals surface area contributed by atoms with Crippen LogP contribution in [0, 0.1) is 0 Å². The van der Waals surface area contributed by atoms with Crippen molar-refractivity contribution in [2.24, 2.45) is 0 Å². The molecule has 0 bridgehead atoms. The van der Waals surface area contributed by atoms with Gasteiger partial charge in [0, 0.05) is 24.4 Å². The van der Waals surface area contributed by atoms with E-state index in [-0.39, 0.29) is 12.1 Å². The Morgan fingerprint density at radius 3 is 2.62 bits per heavy atom. The highest BCUT2D eigenvalue weighted by Gasteiger charge is 2.06. The summed E-state index contributed by atoms with van der Waals surface area (Å²) >= 11 is 0. The molecule has 0 unspecified atom stereocenters. The number of hydrogen-bond acceptors (Lipinski definition) is 5. The van der Waals surface area contributed by atoms with Gasteiger partial charge in [0.2, 0.25) is 0 Å². The molecule has 8 nitrogen and oxygen atoms in total. The van der Waals surface area contributed by atoms with Gasteiger partial charge in [0.1, 0.15) is 12.4 Å². The maximum Gasteiger partial charge on any atom is 0.409 e. The van der Waals surface area contributed by atoms with Gasteiger partial charge < -0.3 is 14.6 Å². The van der Waals surface area contributed by atoms with E-state index in [1.807, 2.05) is 24.3 Å². The first-order chi connectivity index (χ1) is 14.0. The van der Waals surface area contributed by atoms with Gasteiger partial charge in [-0.15, -0.1) is 0 Å². The molecular weight excluding hydrogens is 374 g/mol. The normalized spacial score (nSPS) is 10.5. The third kappa shape index (κ3) is 5.66. The summed E-state index contributed by atoms with van der Waals surface area (Å²) < 4.78 is 11.9. The molecule has 0 atom stereocenters. The molecule has 0 saturated heterocycles. The van der Waals surface area contributed by atoms with E-state index in [0.29, 0.717) is 24.6 Å². The molecule has 3 aromatic rings. The van der Waals surface area contributed by atoms with Gasteiger partial charge in [-0.05, 0) is 48.0 Å². The van der Waals surface area contributed by atoms with Crippen molar-refractivity contribution in [1.82, 2.24) is 9.78 Å². The molecule has 150 valence electrons. The molecule has 0 saturated carbocycles. The molecule has 1 amide bonds. The summed E-state index contributed by atoms with van der Waals surface area (Å²) in [4.78, 5) is 23.0. The van der Waals surface area contributed by atoms with Crippen LogP contribution in [0.2, 0.25) is 0 Å². The standard InChI is InChI=1S/C21H21N3O5/c1-28-11-12-29-18-7-5-16(6-8-18)19-9-10-20(25)24(23-19)14-15-3-2-4-17(13-15)22-21(26)27/h2-10,13,22H,11-12,14H2,1H3,(H,26,27). The Balaban J connectivity index is 1.78. The Hall–Kier alpha value is -3.65. The van der Waals surface area contributed by atoms with Crippen LogP contribution in [0.4, 0.5) is 10.5 Å². The largest absolute Gasteiger partial charge is 0.491 e. The summed E-state index contributed by atoms with van der Waals surface area (Å²) in [7, 11) is 1.62. The minimum absolute atomic E-state index is 0.222. The SMILES string of the molecule is COCCOc1ccc(-c2ccc(=O)n(Cc3cccc(NC(=O)O)c3)n2)cc1. The number of rotatable bonds is 8. The second kappa shape index (κ2) is 9.52. The van der Waals surface area contributed by atoms with Crippen molar-refractivity contribution in [2.75, 3.05) is 25.6 Å². The lowest BCUT2D eigenvalue weighted by Gasteiger charge is -2.10. The van der Waals surface area contributed by atoms with E-state index in [0.717, 1.165) is 16.9 Å². The van der Waals surface area contributed by atoms with E-state index < -0.39 is 6.09 Å². The van der Waals surface area contributed by atoms with Crippen LogP contribution in [0.15, 0.2) is 65.5 Å². The lowest BCUT2D eigenvalue weighted by molar-refractivity contribution is 0.146. The van der Waals surface area contributed by atoms with Crippen molar-refractivity contribution in [2.45, 2.75) is 6.54 Å². The lowest BCUT2D eigenvalue weighted by Crippen LogP contribution is -2.22. The molecule has 29 heavy (non-hydrogen) atoms. The molecule has 2 N–H and O–H groups in total. The summed E-state index contributed by atoms with van der Waals surface area (Å²) in [6.45, 7) is 1.20. The molecule has 1 aromatic heterocycles. The van der Waals surface area contributed by atoms with Gasteiger partial charge in [0.05, 0.1) is 18.8 Å². The molecule has 3 rings (SSSR count). The second-order valence-electron chi connectivity index (χ2n) is 6.21. The Kier molecular flexibility index (Phi) is 6.59. The zero-order chi connectivity index (χ0) is 20.6. The quantitative estimate of drug-likeness (QED) is 0.568. The van der Waals surface area contributed by atoms with Crippen molar-refractivity contribution in [1.29, 1.82) is 0 Å². The molecule has 0 radical (unpaired) electrons. The van der Waals surface area contributed by atoms with Crippen LogP contribution >= 0.6 is 0 Å². The van der Waals surface area contributed by atoms with Gasteiger partial charge in [-0.1, -0.05) is 12.1 Å². The maximum absolute atomic E-state index is 12.2. The van der Waals surface area contributed by atoms with Crippen LogP contribution in [-0.2, 0) is 11.3 Å². The van der Waals surface area contributed by atoms with Crippen LogP contribution in [0.25, 0.3) is 11.3 Å². The van der Waals surface area contributed by atoms with E-state index in [1.165, 1.54) is 10.7 Å². The van der Waals surface area contributed by atoms with E-state index >= 15 is 0 Å². The average Bonchev–Trinajstić information content (AvgIpc) is 2.70. The van der Waals surface area contributed by atoms with E-state index in [1.54, 1.807) is 37.4 Å². The Bertz CT molecular complexity index is 1030. The van der Waals surface area contributed by atoms with E-state index in [2.05, 4.69) is 10.4 Å². The van der Waals surface area contributed by atoms with Gasteiger partial charge in [-0.25, -0.2) is 9.48 Å². The predicted molar refractivity (Wildman–Crippen MR) is 108 cm³/mol. The van der Waals surface area contributed by atoms with Gasteiger partial charge in [-0.2, -0.15) is 5.10 Å². The molecule has 0 aliphatic rings. The Morgan fingerprint density at radius 1 is 1.10 bits per heavy atom. The topological polar surface area (TPSA) is 103 Å². The number of amides is 1. The third-order valence-corrected chi connectivity index (χ3v) is 4.08. The average molecular weight is 395 g/mol. The van der Waals surface area contributed by atoms with Crippen molar-refractivity contribution in [3.05, 3.63) is 76.6 Å². The fourth-order valence-electron chi connectivity index (χ4n) is 2.72. The smallest absolute Gasteiger partial charge is 0.409 e. The monoisotopic (exact) mass is 395 g/mol. The third-order valence-electron chi connectivity index (χ3n) is 4.08. The molecule has 2 aromatic carbocycles. The summed E-state index contributed by atoms with van der Waals surface area (Å²) in [5.41, 5.74) is 2.44. The second-order valence-corrected chi connectivity index (χ2v) is 6.21. The highest BCUT2D eigenvalue weighted by atomic mass is 16.5. The number of ether oxygens (including phenoxy) is 2.